The van der Waals surface area contributed by atoms with Crippen molar-refractivity contribution in [3.63, 3.8) is 0 Å². The van der Waals surface area contributed by atoms with Crippen molar-refractivity contribution in [1.29, 1.82) is 0 Å². The van der Waals surface area contributed by atoms with Gasteiger partial charge in [0.1, 0.15) is 0 Å². The lowest BCUT2D eigenvalue weighted by Crippen LogP contribution is -2.38. The molecule has 0 bridgehead atoms. The Balaban J connectivity index is 1.70. The Hall–Kier alpha value is -2.15. The molecule has 0 unspecified atom stereocenters. The zero-order chi connectivity index (χ0) is 17.3. The lowest BCUT2D eigenvalue weighted by atomic mass is 9.86. The molecule has 1 aliphatic rings. The fourth-order valence-electron chi connectivity index (χ4n) is 3.36. The van der Waals surface area contributed by atoms with Crippen LogP contribution in [0.25, 0.3) is 5.13 Å². The number of aromatic nitrogens is 2. The maximum absolute atomic E-state index is 12.6. The summed E-state index contributed by atoms with van der Waals surface area (Å²) in [4.78, 5) is 27.9. The van der Waals surface area contributed by atoms with E-state index in [0.29, 0.717) is 31.2 Å². The van der Waals surface area contributed by atoms with Crippen LogP contribution in [0, 0.1) is 19.8 Å². The number of rotatable bonds is 4. The van der Waals surface area contributed by atoms with Crippen molar-refractivity contribution in [3.8, 4) is 5.13 Å². The molecule has 1 aliphatic carbocycles. The van der Waals surface area contributed by atoms with E-state index < -0.39 is 5.97 Å². The molecule has 0 radical (unpaired) electrons. The predicted octanol–water partition coefficient (Wildman–Crippen LogP) is 2.92. The number of hydrogen-bond acceptors (Lipinski definition) is 4. The molecule has 1 saturated carbocycles. The first-order chi connectivity index (χ1) is 11.5. The summed E-state index contributed by atoms with van der Waals surface area (Å²) in [6, 6.07) is 1.94. The van der Waals surface area contributed by atoms with Gasteiger partial charge in [-0.05, 0) is 45.6 Å². The molecule has 6 nitrogen and oxygen atoms in total. The van der Waals surface area contributed by atoms with E-state index in [-0.39, 0.29) is 17.9 Å². The van der Waals surface area contributed by atoms with Gasteiger partial charge in [0.05, 0.1) is 11.5 Å². The van der Waals surface area contributed by atoms with Crippen molar-refractivity contribution in [2.75, 3.05) is 0 Å². The Kier molecular flexibility index (Phi) is 4.71. The second kappa shape index (κ2) is 6.76. The van der Waals surface area contributed by atoms with Crippen LogP contribution in [0.5, 0.6) is 0 Å². The average Bonchev–Trinajstić information content (AvgIpc) is 3.15. The number of carbonyl (C=O) groups excluding carboxylic acids is 1. The van der Waals surface area contributed by atoms with Crippen LogP contribution < -0.4 is 5.32 Å². The largest absolute Gasteiger partial charge is 0.481 e. The molecule has 0 aliphatic heterocycles. The fraction of sp³-hybridized carbons (Fsp3) is 0.471. The predicted molar refractivity (Wildman–Crippen MR) is 91.8 cm³/mol. The summed E-state index contributed by atoms with van der Waals surface area (Å²) in [5, 5.41) is 14.9. The van der Waals surface area contributed by atoms with Crippen molar-refractivity contribution >= 4 is 23.2 Å². The Labute approximate surface area is 144 Å². The molecule has 128 valence electrons. The summed E-state index contributed by atoms with van der Waals surface area (Å²) in [5.74, 6) is -1.09. The minimum absolute atomic E-state index is 0.0519. The van der Waals surface area contributed by atoms with Gasteiger partial charge in [-0.25, -0.2) is 4.98 Å². The van der Waals surface area contributed by atoms with E-state index in [1.165, 1.54) is 11.3 Å². The first kappa shape index (κ1) is 16.7. The number of carboxylic acid groups (broad SMARTS) is 1. The molecule has 24 heavy (non-hydrogen) atoms. The van der Waals surface area contributed by atoms with Gasteiger partial charge in [-0.2, -0.15) is 0 Å². The molecule has 3 rings (SSSR count). The van der Waals surface area contributed by atoms with Crippen molar-refractivity contribution in [2.24, 2.45) is 5.92 Å². The normalized spacial score (nSPS) is 20.8. The molecule has 0 spiro atoms. The summed E-state index contributed by atoms with van der Waals surface area (Å²) in [5.41, 5.74) is 2.50. The maximum Gasteiger partial charge on any atom is 0.306 e. The third kappa shape index (κ3) is 3.21. The van der Waals surface area contributed by atoms with Crippen LogP contribution in [-0.2, 0) is 4.79 Å². The number of aliphatic carboxylic acids is 1. The number of nitrogens with zero attached hydrogens (tertiary/aromatic N) is 2. The lowest BCUT2D eigenvalue weighted by Gasteiger charge is -2.26. The highest BCUT2D eigenvalue weighted by atomic mass is 32.1. The number of nitrogens with one attached hydrogen (secondary N) is 1. The third-order valence-corrected chi connectivity index (χ3v) is 5.45. The fourth-order valence-corrected chi connectivity index (χ4v) is 4.11. The second-order valence-electron chi connectivity index (χ2n) is 6.30. The number of hydrogen-bond donors (Lipinski definition) is 2. The van der Waals surface area contributed by atoms with Crippen molar-refractivity contribution < 1.29 is 14.7 Å². The Morgan fingerprint density at radius 1 is 1.29 bits per heavy atom. The zero-order valence-electron chi connectivity index (χ0n) is 13.8. The molecular formula is C17H21N3O3S. The maximum atomic E-state index is 12.6. The van der Waals surface area contributed by atoms with Gasteiger partial charge in [-0.1, -0.05) is 0 Å². The molecule has 2 aromatic rings. The molecule has 2 aromatic heterocycles. The topological polar surface area (TPSA) is 84.2 Å². The van der Waals surface area contributed by atoms with Crippen LogP contribution in [0.3, 0.4) is 0 Å². The van der Waals surface area contributed by atoms with Gasteiger partial charge in [0.2, 0.25) is 0 Å². The van der Waals surface area contributed by atoms with Gasteiger partial charge in [0, 0.05) is 29.0 Å². The quantitative estimate of drug-likeness (QED) is 0.891. The summed E-state index contributed by atoms with van der Waals surface area (Å²) in [6.07, 6.45) is 4.43. The van der Waals surface area contributed by atoms with E-state index in [9.17, 15) is 9.59 Å². The van der Waals surface area contributed by atoms with Crippen LogP contribution >= 0.6 is 11.3 Å². The van der Waals surface area contributed by atoms with Gasteiger partial charge in [-0.15, -0.1) is 11.3 Å². The number of amides is 1. The van der Waals surface area contributed by atoms with Crippen molar-refractivity contribution in [3.05, 3.63) is 34.6 Å². The summed E-state index contributed by atoms with van der Waals surface area (Å²) in [6.45, 7) is 3.88. The number of carbonyl (C=O) groups is 2. The highest BCUT2D eigenvalue weighted by Gasteiger charge is 2.27. The van der Waals surface area contributed by atoms with Crippen LogP contribution in [0.1, 0.15) is 47.4 Å². The lowest BCUT2D eigenvalue weighted by molar-refractivity contribution is -0.142. The summed E-state index contributed by atoms with van der Waals surface area (Å²) in [7, 11) is 0. The number of thiazole rings is 1. The van der Waals surface area contributed by atoms with E-state index in [2.05, 4.69) is 10.3 Å². The molecule has 2 N–H and O–H groups in total. The van der Waals surface area contributed by atoms with E-state index >= 15 is 0 Å². The van der Waals surface area contributed by atoms with E-state index in [4.69, 9.17) is 5.11 Å². The van der Waals surface area contributed by atoms with Crippen molar-refractivity contribution in [2.45, 2.75) is 45.6 Å². The van der Waals surface area contributed by atoms with Crippen LogP contribution in [0.4, 0.5) is 0 Å². The standard InChI is InChI=1S/C17H21N3O3S/c1-10-9-14(11(2)20(10)17-18-7-8-24-17)15(21)19-13-5-3-12(4-6-13)16(22)23/h7-9,12-13H,3-6H2,1-2H3,(H,19,21)(H,22,23). The highest BCUT2D eigenvalue weighted by Crippen LogP contribution is 2.26. The van der Waals surface area contributed by atoms with E-state index in [1.54, 1.807) is 6.20 Å². The monoisotopic (exact) mass is 347 g/mol. The van der Waals surface area contributed by atoms with Gasteiger partial charge >= 0.3 is 5.97 Å². The molecular weight excluding hydrogens is 326 g/mol. The minimum atomic E-state index is -0.730. The van der Waals surface area contributed by atoms with Gasteiger partial charge in [0.25, 0.3) is 5.91 Å². The zero-order valence-corrected chi connectivity index (χ0v) is 14.6. The smallest absolute Gasteiger partial charge is 0.306 e. The summed E-state index contributed by atoms with van der Waals surface area (Å²) < 4.78 is 1.99. The van der Waals surface area contributed by atoms with E-state index in [0.717, 1.165) is 16.5 Å². The Morgan fingerprint density at radius 2 is 2.00 bits per heavy atom. The molecule has 1 fully saturated rings. The molecule has 2 heterocycles. The van der Waals surface area contributed by atoms with Crippen LogP contribution in [0.2, 0.25) is 0 Å². The third-order valence-electron chi connectivity index (χ3n) is 4.70. The Morgan fingerprint density at radius 3 is 2.58 bits per heavy atom. The van der Waals surface area contributed by atoms with Crippen LogP contribution in [0.15, 0.2) is 17.6 Å². The molecule has 1 amide bonds. The SMILES string of the molecule is Cc1cc(C(=O)NC2CCC(C(=O)O)CC2)c(C)n1-c1nccs1. The van der Waals surface area contributed by atoms with Crippen molar-refractivity contribution in [1.82, 2.24) is 14.9 Å². The second-order valence-corrected chi connectivity index (χ2v) is 7.17. The first-order valence-electron chi connectivity index (χ1n) is 8.10. The highest BCUT2D eigenvalue weighted by molar-refractivity contribution is 7.12. The summed E-state index contributed by atoms with van der Waals surface area (Å²) >= 11 is 1.53. The molecule has 0 aromatic carbocycles. The van der Waals surface area contributed by atoms with Crippen LogP contribution in [-0.4, -0.2) is 32.6 Å². The Bertz CT molecular complexity index is 743. The molecule has 0 atom stereocenters. The first-order valence-corrected chi connectivity index (χ1v) is 8.97. The molecule has 7 heteroatoms. The molecule has 0 saturated heterocycles. The van der Waals surface area contributed by atoms with Gasteiger partial charge < -0.3 is 10.4 Å². The van der Waals surface area contributed by atoms with Gasteiger partial charge in [0.15, 0.2) is 5.13 Å². The minimum Gasteiger partial charge on any atom is -0.481 e. The average molecular weight is 347 g/mol. The van der Waals surface area contributed by atoms with Gasteiger partial charge in [-0.3, -0.25) is 14.2 Å². The number of carboxylic acids is 1. The van der Waals surface area contributed by atoms with E-state index in [1.807, 2.05) is 29.9 Å². The number of aryl methyl sites for hydroxylation is 1.